The van der Waals surface area contributed by atoms with Gasteiger partial charge in [0.05, 0.1) is 17.1 Å². The second-order valence-corrected chi connectivity index (χ2v) is 5.15. The Balaban J connectivity index is 2.93. The lowest BCUT2D eigenvalue weighted by atomic mass is 9.96. The number of halogens is 2. The predicted octanol–water partition coefficient (Wildman–Crippen LogP) is 3.28. The highest BCUT2D eigenvalue weighted by atomic mass is 79.9. The number of methoxy groups -OCH3 is 1. The van der Waals surface area contributed by atoms with Gasteiger partial charge in [0.25, 0.3) is 0 Å². The van der Waals surface area contributed by atoms with Crippen molar-refractivity contribution in [1.82, 2.24) is 0 Å². The Bertz CT molecular complexity index is 502. The number of aliphatic carboxylic acids is 1. The Morgan fingerprint density at radius 3 is 2.58 bits per heavy atom. The molecule has 0 aliphatic rings. The smallest absolute Gasteiger partial charge is 0.303 e. The summed E-state index contributed by atoms with van der Waals surface area (Å²) >= 11 is 3.01. The van der Waals surface area contributed by atoms with Crippen LogP contribution in [-0.4, -0.2) is 24.0 Å². The fourth-order valence-corrected chi connectivity index (χ4v) is 2.06. The molecule has 0 aliphatic carbocycles. The number of benzene rings is 1. The fraction of sp³-hybridized carbons (Fsp3) is 0.385. The zero-order valence-corrected chi connectivity index (χ0v) is 12.2. The minimum Gasteiger partial charge on any atom is -0.496 e. The van der Waals surface area contributed by atoms with Gasteiger partial charge in [0, 0.05) is 18.9 Å². The maximum Gasteiger partial charge on any atom is 0.303 e. The fourth-order valence-electron chi connectivity index (χ4n) is 1.71. The lowest BCUT2D eigenvalue weighted by molar-refractivity contribution is -0.137. The Morgan fingerprint density at radius 1 is 1.42 bits per heavy atom. The molecular formula is C13H14BrFO4. The number of carbonyl (C=O) groups is 2. The first kappa shape index (κ1) is 15.6. The predicted molar refractivity (Wildman–Crippen MR) is 71.0 cm³/mol. The number of ether oxygens (including phenoxy) is 1. The molecule has 1 rings (SSSR count). The number of carbonyl (C=O) groups excluding carboxylic acids is 1. The molecule has 19 heavy (non-hydrogen) atoms. The van der Waals surface area contributed by atoms with E-state index in [9.17, 15) is 14.0 Å². The van der Waals surface area contributed by atoms with Crippen molar-refractivity contribution in [2.24, 2.45) is 5.92 Å². The summed E-state index contributed by atoms with van der Waals surface area (Å²) in [6.07, 6.45) is -0.0167. The average Bonchev–Trinajstić information content (AvgIpc) is 2.30. The molecule has 0 fully saturated rings. The molecule has 0 saturated carbocycles. The number of Topliss-reactive ketones (excluding diaryl/α,β-unsaturated/α-hetero) is 1. The summed E-state index contributed by atoms with van der Waals surface area (Å²) in [5.74, 6) is -1.89. The van der Waals surface area contributed by atoms with E-state index in [1.165, 1.54) is 13.2 Å². The van der Waals surface area contributed by atoms with E-state index in [0.717, 1.165) is 6.07 Å². The summed E-state index contributed by atoms with van der Waals surface area (Å²) < 4.78 is 18.5. The monoisotopic (exact) mass is 332 g/mol. The summed E-state index contributed by atoms with van der Waals surface area (Å²) in [5, 5.41) is 8.66. The molecule has 0 saturated heterocycles. The van der Waals surface area contributed by atoms with E-state index < -0.39 is 11.8 Å². The van der Waals surface area contributed by atoms with Crippen LogP contribution in [0.15, 0.2) is 16.6 Å². The molecule has 0 aromatic heterocycles. The van der Waals surface area contributed by atoms with Crippen molar-refractivity contribution >= 4 is 27.7 Å². The average molecular weight is 333 g/mol. The summed E-state index contributed by atoms with van der Waals surface area (Å²) in [6, 6.07) is 2.48. The van der Waals surface area contributed by atoms with Gasteiger partial charge in [0.15, 0.2) is 5.78 Å². The maximum absolute atomic E-state index is 13.3. The van der Waals surface area contributed by atoms with Crippen LogP contribution in [0, 0.1) is 11.7 Å². The van der Waals surface area contributed by atoms with Gasteiger partial charge in [-0.3, -0.25) is 9.59 Å². The van der Waals surface area contributed by atoms with Crippen molar-refractivity contribution in [3.8, 4) is 5.75 Å². The van der Waals surface area contributed by atoms with Crippen molar-refractivity contribution in [2.75, 3.05) is 7.11 Å². The van der Waals surface area contributed by atoms with Gasteiger partial charge in [0.1, 0.15) is 11.6 Å². The maximum atomic E-state index is 13.3. The van der Waals surface area contributed by atoms with Gasteiger partial charge in [-0.1, -0.05) is 6.92 Å². The molecule has 0 amide bonds. The second kappa shape index (κ2) is 6.65. The number of carboxylic acids is 1. The van der Waals surface area contributed by atoms with Gasteiger partial charge < -0.3 is 9.84 Å². The van der Waals surface area contributed by atoms with E-state index in [0.29, 0.717) is 0 Å². The molecule has 1 atom stereocenters. The zero-order chi connectivity index (χ0) is 14.6. The van der Waals surface area contributed by atoms with Crippen molar-refractivity contribution in [1.29, 1.82) is 0 Å². The van der Waals surface area contributed by atoms with Crippen LogP contribution >= 0.6 is 15.9 Å². The highest BCUT2D eigenvalue weighted by Gasteiger charge is 2.19. The molecule has 1 aromatic carbocycles. The van der Waals surface area contributed by atoms with Crippen molar-refractivity contribution in [2.45, 2.75) is 19.8 Å². The quantitative estimate of drug-likeness (QED) is 0.812. The van der Waals surface area contributed by atoms with Crippen molar-refractivity contribution in [3.63, 3.8) is 0 Å². The first-order valence-electron chi connectivity index (χ1n) is 5.63. The van der Waals surface area contributed by atoms with Gasteiger partial charge >= 0.3 is 5.97 Å². The topological polar surface area (TPSA) is 63.6 Å². The second-order valence-electron chi connectivity index (χ2n) is 4.30. The van der Waals surface area contributed by atoms with Crippen LogP contribution in [0.4, 0.5) is 4.39 Å². The van der Waals surface area contributed by atoms with Crippen molar-refractivity contribution < 1.29 is 23.8 Å². The molecule has 0 radical (unpaired) electrons. The van der Waals surface area contributed by atoms with E-state index >= 15 is 0 Å². The van der Waals surface area contributed by atoms with Crippen LogP contribution in [-0.2, 0) is 4.79 Å². The van der Waals surface area contributed by atoms with Crippen molar-refractivity contribution in [3.05, 3.63) is 28.0 Å². The van der Waals surface area contributed by atoms with E-state index in [-0.39, 0.29) is 40.3 Å². The van der Waals surface area contributed by atoms with Gasteiger partial charge in [-0.05, 0) is 27.9 Å². The van der Waals surface area contributed by atoms with Crippen LogP contribution in [0.1, 0.15) is 30.1 Å². The highest BCUT2D eigenvalue weighted by Crippen LogP contribution is 2.28. The number of carboxylic acid groups (broad SMARTS) is 1. The molecule has 0 aliphatic heterocycles. The molecule has 1 unspecified atom stereocenters. The summed E-state index contributed by atoms with van der Waals surface area (Å²) in [4.78, 5) is 22.6. The van der Waals surface area contributed by atoms with Crippen LogP contribution in [0.5, 0.6) is 5.75 Å². The third kappa shape index (κ3) is 4.31. The van der Waals surface area contributed by atoms with Gasteiger partial charge in [-0.25, -0.2) is 4.39 Å². The van der Waals surface area contributed by atoms with Crippen LogP contribution < -0.4 is 4.74 Å². The van der Waals surface area contributed by atoms with E-state index in [1.807, 2.05) is 0 Å². The van der Waals surface area contributed by atoms with Crippen LogP contribution in [0.3, 0.4) is 0 Å². The summed E-state index contributed by atoms with van der Waals surface area (Å²) in [5.41, 5.74) is 0.244. The number of hydrogen-bond acceptors (Lipinski definition) is 3. The molecule has 104 valence electrons. The highest BCUT2D eigenvalue weighted by molar-refractivity contribution is 9.10. The first-order chi connectivity index (χ1) is 8.85. The minimum atomic E-state index is -0.951. The molecule has 4 nitrogen and oxygen atoms in total. The number of rotatable bonds is 6. The lowest BCUT2D eigenvalue weighted by Gasteiger charge is -2.11. The zero-order valence-electron chi connectivity index (χ0n) is 10.6. The Morgan fingerprint density at radius 2 is 2.05 bits per heavy atom. The number of ketones is 1. The molecule has 6 heteroatoms. The van der Waals surface area contributed by atoms with Gasteiger partial charge in [-0.2, -0.15) is 0 Å². The Hall–Kier alpha value is -1.43. The molecule has 1 aromatic rings. The standard InChI is InChI=1S/C13H14BrFO4/c1-7(4-13(17)18)3-11(16)8-5-9(14)10(15)6-12(8)19-2/h5-7H,3-4H2,1-2H3,(H,17,18). The lowest BCUT2D eigenvalue weighted by Crippen LogP contribution is -2.11. The molecule has 0 spiro atoms. The molecular weight excluding hydrogens is 319 g/mol. The number of hydrogen-bond donors (Lipinski definition) is 1. The van der Waals surface area contributed by atoms with Gasteiger partial charge in [0.2, 0.25) is 0 Å². The van der Waals surface area contributed by atoms with Gasteiger partial charge in [-0.15, -0.1) is 0 Å². The SMILES string of the molecule is COc1cc(F)c(Br)cc1C(=O)CC(C)CC(=O)O. The summed E-state index contributed by atoms with van der Waals surface area (Å²) in [7, 11) is 1.35. The minimum absolute atomic E-state index is 0.0702. The normalized spacial score (nSPS) is 12.0. The molecule has 1 N–H and O–H groups in total. The van der Waals surface area contributed by atoms with E-state index in [1.54, 1.807) is 6.92 Å². The Labute approximate surface area is 118 Å². The Kier molecular flexibility index (Phi) is 5.47. The first-order valence-corrected chi connectivity index (χ1v) is 6.42. The molecule has 0 bridgehead atoms. The summed E-state index contributed by atoms with van der Waals surface area (Å²) in [6.45, 7) is 1.68. The third-order valence-corrected chi connectivity index (χ3v) is 3.21. The largest absolute Gasteiger partial charge is 0.496 e. The molecule has 0 heterocycles. The van der Waals surface area contributed by atoms with Crippen LogP contribution in [0.25, 0.3) is 0 Å². The van der Waals surface area contributed by atoms with Crippen LogP contribution in [0.2, 0.25) is 0 Å². The van der Waals surface area contributed by atoms with E-state index in [2.05, 4.69) is 15.9 Å². The van der Waals surface area contributed by atoms with E-state index in [4.69, 9.17) is 9.84 Å². The third-order valence-electron chi connectivity index (χ3n) is 2.60.